The number of H-pyrrole nitrogens is 1. The van der Waals surface area contributed by atoms with E-state index in [9.17, 15) is 4.79 Å². The van der Waals surface area contributed by atoms with E-state index in [1.165, 1.54) is 0 Å². The van der Waals surface area contributed by atoms with Crippen LogP contribution in [0.4, 0.5) is 5.82 Å². The van der Waals surface area contributed by atoms with Gasteiger partial charge in [-0.3, -0.25) is 4.79 Å². The highest BCUT2D eigenvalue weighted by atomic mass is 16.3. The number of benzene rings is 2. The highest BCUT2D eigenvalue weighted by Crippen LogP contribution is 2.26. The SMILES string of the molecule is Nc1ncc(-c2ccc(C(=O)NCCCO)cc2)nc1-c1nc2ccccc2[nH]1.[HH].[HH].[HH].[HH].[HH]. The Kier molecular flexibility index (Phi) is 5.17. The summed E-state index contributed by atoms with van der Waals surface area (Å²) in [7, 11) is 0. The van der Waals surface area contributed by atoms with E-state index in [0.29, 0.717) is 35.7 Å². The molecule has 0 spiro atoms. The zero-order valence-electron chi connectivity index (χ0n) is 15.6. The second-order valence-electron chi connectivity index (χ2n) is 6.50. The summed E-state index contributed by atoms with van der Waals surface area (Å²) < 4.78 is 0. The first-order valence-electron chi connectivity index (χ1n) is 9.23. The van der Waals surface area contributed by atoms with Crippen molar-refractivity contribution in [3.8, 4) is 22.8 Å². The number of carbonyl (C=O) groups is 1. The van der Waals surface area contributed by atoms with E-state index in [-0.39, 0.29) is 25.5 Å². The Morgan fingerprint density at radius 1 is 1.14 bits per heavy atom. The molecule has 8 nitrogen and oxygen atoms in total. The number of aromatic nitrogens is 4. The lowest BCUT2D eigenvalue weighted by Gasteiger charge is -2.07. The lowest BCUT2D eigenvalue weighted by atomic mass is 10.1. The molecule has 0 saturated heterocycles. The number of fused-ring (bicyclic) bond motifs is 1. The van der Waals surface area contributed by atoms with Crippen LogP contribution < -0.4 is 11.1 Å². The first kappa shape index (κ1) is 18.6. The van der Waals surface area contributed by atoms with Crippen molar-refractivity contribution in [2.24, 2.45) is 0 Å². The largest absolute Gasteiger partial charge is 0.396 e. The molecule has 1 amide bonds. The molecule has 0 bridgehead atoms. The van der Waals surface area contributed by atoms with E-state index >= 15 is 0 Å². The van der Waals surface area contributed by atoms with Gasteiger partial charge in [-0.2, -0.15) is 0 Å². The second-order valence-corrected chi connectivity index (χ2v) is 6.50. The Balaban J connectivity index is 0. The monoisotopic (exact) mass is 398 g/mol. The fraction of sp³-hybridized carbons (Fsp3) is 0.143. The summed E-state index contributed by atoms with van der Waals surface area (Å²) in [5, 5.41) is 11.6. The van der Waals surface area contributed by atoms with Gasteiger partial charge in [-0.05, 0) is 30.7 Å². The van der Waals surface area contributed by atoms with Crippen LogP contribution in [0.25, 0.3) is 33.8 Å². The molecule has 29 heavy (non-hydrogen) atoms. The molecule has 2 aromatic carbocycles. The average Bonchev–Trinajstić information content (AvgIpc) is 3.18. The molecule has 4 rings (SSSR count). The predicted octanol–water partition coefficient (Wildman–Crippen LogP) is 3.61. The molecule has 0 aliphatic carbocycles. The number of nitrogens with one attached hydrogen (secondary N) is 2. The number of aliphatic hydroxyl groups excluding tert-OH is 1. The van der Waals surface area contributed by atoms with E-state index < -0.39 is 0 Å². The van der Waals surface area contributed by atoms with Crippen LogP contribution in [0.2, 0.25) is 0 Å². The van der Waals surface area contributed by atoms with Gasteiger partial charge < -0.3 is 21.1 Å². The zero-order valence-corrected chi connectivity index (χ0v) is 15.6. The number of para-hydroxylation sites is 2. The second kappa shape index (κ2) is 8.07. The molecule has 0 unspecified atom stereocenters. The summed E-state index contributed by atoms with van der Waals surface area (Å²) in [6.07, 6.45) is 2.12. The van der Waals surface area contributed by atoms with Crippen LogP contribution in [0.3, 0.4) is 0 Å². The molecule has 5 N–H and O–H groups in total. The fourth-order valence-corrected chi connectivity index (χ4v) is 2.95. The molecule has 0 fully saturated rings. The van der Waals surface area contributed by atoms with Crippen molar-refractivity contribution in [1.82, 2.24) is 25.3 Å². The van der Waals surface area contributed by atoms with Crippen LogP contribution in [-0.2, 0) is 0 Å². The summed E-state index contributed by atoms with van der Waals surface area (Å²) in [5.74, 6) is 0.655. The third-order valence-electron chi connectivity index (χ3n) is 4.48. The number of hydrogen-bond acceptors (Lipinski definition) is 6. The average molecular weight is 399 g/mol. The van der Waals surface area contributed by atoms with E-state index in [0.717, 1.165) is 16.6 Å². The Bertz CT molecular complexity index is 1140. The van der Waals surface area contributed by atoms with Crippen molar-refractivity contribution >= 4 is 22.8 Å². The highest BCUT2D eigenvalue weighted by molar-refractivity contribution is 5.94. The standard InChI is InChI=1S/C21H20N6O2.5H2/c22-19-18(20-26-15-4-1-2-5-16(15)27-20)25-17(12-24-19)13-6-8-14(9-7-13)21(29)23-10-3-11-28;;;;;/h1-2,4-9,12,28H,3,10-11H2,(H2,22,24)(H,23,29)(H,26,27);5*1H. The zero-order chi connectivity index (χ0) is 20.2. The summed E-state index contributed by atoms with van der Waals surface area (Å²) in [4.78, 5) is 28.7. The van der Waals surface area contributed by atoms with Crippen molar-refractivity contribution < 1.29 is 17.0 Å². The van der Waals surface area contributed by atoms with Gasteiger partial charge in [0, 0.05) is 31.4 Å². The van der Waals surface area contributed by atoms with Crippen molar-refractivity contribution in [3.05, 3.63) is 60.3 Å². The van der Waals surface area contributed by atoms with Crippen molar-refractivity contribution in [2.45, 2.75) is 6.42 Å². The first-order valence-corrected chi connectivity index (χ1v) is 9.23. The number of aromatic amines is 1. The lowest BCUT2D eigenvalue weighted by molar-refractivity contribution is 0.0951. The highest BCUT2D eigenvalue weighted by Gasteiger charge is 2.13. The van der Waals surface area contributed by atoms with Crippen LogP contribution in [-0.4, -0.2) is 44.1 Å². The molecule has 156 valence electrons. The van der Waals surface area contributed by atoms with Crippen LogP contribution in [0.1, 0.15) is 23.9 Å². The number of nitrogens with zero attached hydrogens (tertiary/aromatic N) is 3. The van der Waals surface area contributed by atoms with Gasteiger partial charge in [0.15, 0.2) is 11.6 Å². The Hall–Kier alpha value is -3.78. The van der Waals surface area contributed by atoms with Gasteiger partial charge in [0.1, 0.15) is 5.69 Å². The Labute approximate surface area is 174 Å². The normalized spacial score (nSPS) is 10.9. The van der Waals surface area contributed by atoms with Crippen molar-refractivity contribution in [1.29, 1.82) is 0 Å². The topological polar surface area (TPSA) is 130 Å². The summed E-state index contributed by atoms with van der Waals surface area (Å²) >= 11 is 0. The smallest absolute Gasteiger partial charge is 0.251 e. The molecule has 0 aliphatic heterocycles. The molecule has 2 heterocycles. The van der Waals surface area contributed by atoms with Gasteiger partial charge in [0.25, 0.3) is 5.91 Å². The number of imidazole rings is 1. The third-order valence-corrected chi connectivity index (χ3v) is 4.48. The van der Waals surface area contributed by atoms with Gasteiger partial charge >= 0.3 is 0 Å². The minimum Gasteiger partial charge on any atom is -0.396 e. The Morgan fingerprint density at radius 2 is 1.93 bits per heavy atom. The number of nitrogen functional groups attached to an aromatic ring is 1. The molecule has 0 saturated carbocycles. The minimum absolute atomic E-state index is 0. The molecule has 4 aromatic rings. The summed E-state index contributed by atoms with van der Waals surface area (Å²) in [6.45, 7) is 0.476. The molecule has 8 heteroatoms. The number of rotatable bonds is 6. The van der Waals surface area contributed by atoms with E-state index in [4.69, 9.17) is 10.8 Å². The van der Waals surface area contributed by atoms with Crippen molar-refractivity contribution in [3.63, 3.8) is 0 Å². The van der Waals surface area contributed by atoms with Crippen LogP contribution in [0.5, 0.6) is 0 Å². The van der Waals surface area contributed by atoms with Crippen LogP contribution in [0, 0.1) is 0 Å². The van der Waals surface area contributed by atoms with Gasteiger partial charge in [-0.1, -0.05) is 24.3 Å². The van der Waals surface area contributed by atoms with Gasteiger partial charge in [-0.15, -0.1) is 0 Å². The molecule has 2 aromatic heterocycles. The maximum atomic E-state index is 12.1. The number of hydrogen-bond donors (Lipinski definition) is 4. The predicted molar refractivity (Wildman–Crippen MR) is 122 cm³/mol. The fourth-order valence-electron chi connectivity index (χ4n) is 2.95. The summed E-state index contributed by atoms with van der Waals surface area (Å²) in [6, 6.07) is 14.8. The molecule has 0 radical (unpaired) electrons. The maximum Gasteiger partial charge on any atom is 0.251 e. The third kappa shape index (κ3) is 3.92. The number of nitrogens with two attached hydrogens (primary N) is 1. The minimum atomic E-state index is -0.184. The Morgan fingerprint density at radius 3 is 2.69 bits per heavy atom. The quantitative estimate of drug-likeness (QED) is 0.367. The molecular formula is C21H30N6O2. The number of amides is 1. The number of aliphatic hydroxyl groups is 1. The molecule has 0 aliphatic rings. The molecule has 0 atom stereocenters. The van der Waals surface area contributed by atoms with E-state index in [2.05, 4.69) is 25.3 Å². The van der Waals surface area contributed by atoms with Crippen molar-refractivity contribution in [2.75, 3.05) is 18.9 Å². The summed E-state index contributed by atoms with van der Waals surface area (Å²) in [5.41, 5.74) is 10.2. The number of carbonyl (C=O) groups excluding carboxylic acids is 1. The lowest BCUT2D eigenvalue weighted by Crippen LogP contribution is -2.24. The maximum absolute atomic E-state index is 12.1. The number of anilines is 1. The van der Waals surface area contributed by atoms with Gasteiger partial charge in [0.2, 0.25) is 0 Å². The molecular weight excluding hydrogens is 368 g/mol. The van der Waals surface area contributed by atoms with Crippen LogP contribution >= 0.6 is 0 Å². The van der Waals surface area contributed by atoms with E-state index in [1.807, 2.05) is 36.4 Å². The van der Waals surface area contributed by atoms with E-state index in [1.54, 1.807) is 18.3 Å². The van der Waals surface area contributed by atoms with Crippen LogP contribution in [0.15, 0.2) is 54.7 Å². The van der Waals surface area contributed by atoms with Gasteiger partial charge in [-0.25, -0.2) is 15.0 Å². The first-order chi connectivity index (χ1) is 14.2. The van der Waals surface area contributed by atoms with Gasteiger partial charge in [0.05, 0.1) is 22.9 Å².